The Morgan fingerprint density at radius 1 is 1.19 bits per heavy atom. The van der Waals surface area contributed by atoms with Gasteiger partial charge < -0.3 is 9.84 Å². The zero-order valence-electron chi connectivity index (χ0n) is 11.1. The third-order valence-electron chi connectivity index (χ3n) is 3.34. The first kappa shape index (κ1) is 13.0. The zero-order chi connectivity index (χ0) is 12.5. The molecule has 1 rings (SSSR count). The number of aryl methyl sites for hydroxylation is 1. The van der Waals surface area contributed by atoms with E-state index in [4.69, 9.17) is 4.74 Å². The summed E-state index contributed by atoms with van der Waals surface area (Å²) in [5.74, 6) is 0.924. The predicted octanol–water partition coefficient (Wildman–Crippen LogP) is 2.89. The molecule has 0 bridgehead atoms. The molecule has 0 atom stereocenters. The molecule has 2 nitrogen and oxygen atoms in total. The smallest absolute Gasteiger partial charge is 0.122 e. The van der Waals surface area contributed by atoms with Gasteiger partial charge in [0.2, 0.25) is 0 Å². The van der Waals surface area contributed by atoms with Gasteiger partial charge >= 0.3 is 0 Å². The van der Waals surface area contributed by atoms with Crippen LogP contribution in [0.3, 0.4) is 0 Å². The van der Waals surface area contributed by atoms with Gasteiger partial charge in [-0.25, -0.2) is 0 Å². The van der Waals surface area contributed by atoms with E-state index in [9.17, 15) is 5.11 Å². The summed E-state index contributed by atoms with van der Waals surface area (Å²) in [6.07, 6.45) is 0. The second kappa shape index (κ2) is 4.46. The van der Waals surface area contributed by atoms with Crippen molar-refractivity contribution in [2.45, 2.75) is 40.0 Å². The molecule has 0 unspecified atom stereocenters. The maximum Gasteiger partial charge on any atom is 0.122 e. The number of aliphatic hydroxyl groups is 1. The minimum atomic E-state index is -0.203. The molecule has 0 heterocycles. The van der Waals surface area contributed by atoms with Crippen LogP contribution in [-0.4, -0.2) is 18.8 Å². The van der Waals surface area contributed by atoms with Crippen LogP contribution in [0.4, 0.5) is 0 Å². The summed E-state index contributed by atoms with van der Waals surface area (Å²) in [5.41, 5.74) is 4.58. The lowest BCUT2D eigenvalue weighted by molar-refractivity contribution is 0.217. The van der Waals surface area contributed by atoms with Crippen LogP contribution in [0.5, 0.6) is 5.75 Å². The Morgan fingerprint density at radius 3 is 2.19 bits per heavy atom. The molecule has 1 aromatic carbocycles. The van der Waals surface area contributed by atoms with Crippen molar-refractivity contribution in [1.82, 2.24) is 0 Å². The Labute approximate surface area is 98.3 Å². The molecule has 0 aliphatic rings. The van der Waals surface area contributed by atoms with Crippen LogP contribution in [0.1, 0.15) is 36.1 Å². The van der Waals surface area contributed by atoms with Gasteiger partial charge in [-0.2, -0.15) is 0 Å². The van der Waals surface area contributed by atoms with Crippen molar-refractivity contribution >= 4 is 0 Å². The molecule has 1 aromatic rings. The molecule has 0 fully saturated rings. The second-order valence-corrected chi connectivity index (χ2v) is 5.06. The molecule has 0 aromatic heterocycles. The molecule has 2 heteroatoms. The molecule has 0 saturated carbocycles. The number of ether oxygens (including phenoxy) is 1. The molecule has 0 amide bonds. The van der Waals surface area contributed by atoms with Gasteiger partial charge in [-0.05, 0) is 49.1 Å². The van der Waals surface area contributed by atoms with Crippen LogP contribution in [0.2, 0.25) is 0 Å². The van der Waals surface area contributed by atoms with E-state index in [-0.39, 0.29) is 12.0 Å². The van der Waals surface area contributed by atoms with E-state index in [1.807, 2.05) is 0 Å². The highest BCUT2D eigenvalue weighted by Crippen LogP contribution is 2.35. The van der Waals surface area contributed by atoms with E-state index in [1.165, 1.54) is 16.7 Å². The van der Waals surface area contributed by atoms with Crippen LogP contribution in [0.25, 0.3) is 0 Å². The van der Waals surface area contributed by atoms with Crippen LogP contribution in [-0.2, 0) is 5.41 Å². The largest absolute Gasteiger partial charge is 0.496 e. The van der Waals surface area contributed by atoms with Crippen LogP contribution in [0, 0.1) is 20.8 Å². The number of hydrogen-bond donors (Lipinski definition) is 1. The number of benzene rings is 1. The highest BCUT2D eigenvalue weighted by atomic mass is 16.5. The number of methoxy groups -OCH3 is 1. The average molecular weight is 222 g/mol. The van der Waals surface area contributed by atoms with E-state index in [2.05, 4.69) is 40.7 Å². The topological polar surface area (TPSA) is 29.5 Å². The summed E-state index contributed by atoms with van der Waals surface area (Å²) in [5, 5.41) is 9.48. The van der Waals surface area contributed by atoms with Crippen LogP contribution >= 0.6 is 0 Å². The fourth-order valence-electron chi connectivity index (χ4n) is 2.38. The Bertz CT molecular complexity index is 392. The van der Waals surface area contributed by atoms with Gasteiger partial charge in [-0.1, -0.05) is 13.8 Å². The van der Waals surface area contributed by atoms with Crippen LogP contribution < -0.4 is 4.74 Å². The quantitative estimate of drug-likeness (QED) is 0.852. The van der Waals surface area contributed by atoms with E-state index in [0.717, 1.165) is 11.3 Å². The molecule has 0 aliphatic heterocycles. The van der Waals surface area contributed by atoms with Gasteiger partial charge in [-0.3, -0.25) is 0 Å². The first-order valence-electron chi connectivity index (χ1n) is 5.61. The summed E-state index contributed by atoms with van der Waals surface area (Å²) in [6, 6.07) is 2.05. The maximum absolute atomic E-state index is 9.48. The highest BCUT2D eigenvalue weighted by Gasteiger charge is 2.25. The normalized spacial score (nSPS) is 11.7. The minimum Gasteiger partial charge on any atom is -0.496 e. The van der Waals surface area contributed by atoms with E-state index in [0.29, 0.717) is 0 Å². The molecule has 0 saturated heterocycles. The summed E-state index contributed by atoms with van der Waals surface area (Å²) in [7, 11) is 1.69. The number of aliphatic hydroxyl groups excluding tert-OH is 1. The number of hydrogen-bond acceptors (Lipinski definition) is 2. The van der Waals surface area contributed by atoms with Gasteiger partial charge in [-0.15, -0.1) is 0 Å². The lowest BCUT2D eigenvalue weighted by Gasteiger charge is -2.28. The summed E-state index contributed by atoms with van der Waals surface area (Å²) >= 11 is 0. The van der Waals surface area contributed by atoms with Gasteiger partial charge in [0.05, 0.1) is 13.7 Å². The molecule has 0 spiro atoms. The number of rotatable bonds is 3. The summed E-state index contributed by atoms with van der Waals surface area (Å²) in [4.78, 5) is 0. The SMILES string of the molecule is COc1cc(C)c(C(C)(C)CO)c(C)c1C. The second-order valence-electron chi connectivity index (χ2n) is 5.06. The Hall–Kier alpha value is -1.02. The molecule has 0 radical (unpaired) electrons. The Morgan fingerprint density at radius 2 is 1.75 bits per heavy atom. The van der Waals surface area contributed by atoms with Crippen molar-refractivity contribution in [2.75, 3.05) is 13.7 Å². The predicted molar refractivity (Wildman–Crippen MR) is 67.3 cm³/mol. The maximum atomic E-state index is 9.48. The van der Waals surface area contributed by atoms with Crippen molar-refractivity contribution in [3.05, 3.63) is 28.3 Å². The molecular weight excluding hydrogens is 200 g/mol. The van der Waals surface area contributed by atoms with E-state index in [1.54, 1.807) is 7.11 Å². The van der Waals surface area contributed by atoms with Crippen molar-refractivity contribution in [3.8, 4) is 5.75 Å². The molecule has 1 N–H and O–H groups in total. The molecule has 90 valence electrons. The standard InChI is InChI=1S/C14H22O2/c1-9-7-12(16-6)10(2)11(3)13(9)14(4,5)8-15/h7,15H,8H2,1-6H3. The lowest BCUT2D eigenvalue weighted by atomic mass is 9.78. The fourth-order valence-corrected chi connectivity index (χ4v) is 2.38. The minimum absolute atomic E-state index is 0.153. The van der Waals surface area contributed by atoms with Crippen molar-refractivity contribution in [1.29, 1.82) is 0 Å². The third kappa shape index (κ3) is 2.07. The van der Waals surface area contributed by atoms with E-state index < -0.39 is 0 Å². The van der Waals surface area contributed by atoms with Crippen LogP contribution in [0.15, 0.2) is 6.07 Å². The third-order valence-corrected chi connectivity index (χ3v) is 3.34. The average Bonchev–Trinajstić information content (AvgIpc) is 2.23. The molecule has 0 aliphatic carbocycles. The Balaban J connectivity index is 3.48. The van der Waals surface area contributed by atoms with Gasteiger partial charge in [0.1, 0.15) is 5.75 Å². The fraction of sp³-hybridized carbons (Fsp3) is 0.571. The van der Waals surface area contributed by atoms with E-state index >= 15 is 0 Å². The first-order chi connectivity index (χ1) is 7.35. The molecular formula is C14H22O2. The van der Waals surface area contributed by atoms with Gasteiger partial charge in [0.25, 0.3) is 0 Å². The first-order valence-corrected chi connectivity index (χ1v) is 5.61. The Kier molecular flexibility index (Phi) is 3.64. The van der Waals surface area contributed by atoms with Crippen molar-refractivity contribution < 1.29 is 9.84 Å². The monoisotopic (exact) mass is 222 g/mol. The van der Waals surface area contributed by atoms with Crippen molar-refractivity contribution in [3.63, 3.8) is 0 Å². The van der Waals surface area contributed by atoms with Crippen molar-refractivity contribution in [2.24, 2.45) is 0 Å². The molecule has 16 heavy (non-hydrogen) atoms. The van der Waals surface area contributed by atoms with Gasteiger partial charge in [0.15, 0.2) is 0 Å². The van der Waals surface area contributed by atoms with Gasteiger partial charge in [0, 0.05) is 5.41 Å². The lowest BCUT2D eigenvalue weighted by Crippen LogP contribution is -2.25. The zero-order valence-corrected chi connectivity index (χ0v) is 11.1. The summed E-state index contributed by atoms with van der Waals surface area (Å²) < 4.78 is 5.35. The highest BCUT2D eigenvalue weighted by molar-refractivity contribution is 5.50. The summed E-state index contributed by atoms with van der Waals surface area (Å²) in [6.45, 7) is 10.5.